The summed E-state index contributed by atoms with van der Waals surface area (Å²) in [6.07, 6.45) is 0.399. The molecule has 0 saturated heterocycles. The second kappa shape index (κ2) is 8.29. The molecule has 5 heteroatoms. The smallest absolute Gasteiger partial charge is 0.222 e. The third kappa shape index (κ3) is 4.97. The first kappa shape index (κ1) is 16.2. The van der Waals surface area contributed by atoms with Gasteiger partial charge >= 0.3 is 0 Å². The molecule has 0 fully saturated rings. The average Bonchev–Trinajstić information content (AvgIpc) is 2.54. The zero-order chi connectivity index (χ0) is 15.8. The number of anilines is 1. The minimum absolute atomic E-state index is 0.0101. The first-order valence-electron chi connectivity index (χ1n) is 7.07. The predicted octanol–water partition coefficient (Wildman–Crippen LogP) is 3.47. The fraction of sp³-hybridized carbons (Fsp3) is 0.235. The van der Waals surface area contributed by atoms with Gasteiger partial charge in [0.2, 0.25) is 5.91 Å². The minimum Gasteiger partial charge on any atom is -0.495 e. The average molecular weight is 319 g/mol. The quantitative estimate of drug-likeness (QED) is 0.822. The summed E-state index contributed by atoms with van der Waals surface area (Å²) in [6, 6.07) is 15.3. The largest absolute Gasteiger partial charge is 0.495 e. The van der Waals surface area contributed by atoms with Gasteiger partial charge < -0.3 is 15.4 Å². The molecule has 1 amide bonds. The lowest BCUT2D eigenvalue weighted by molar-refractivity contribution is -0.121. The molecular weight excluding hydrogens is 300 g/mol. The highest BCUT2D eigenvalue weighted by molar-refractivity contribution is 6.32. The summed E-state index contributed by atoms with van der Waals surface area (Å²) in [5.74, 6) is 0.642. The Kier molecular flexibility index (Phi) is 6.10. The second-order valence-electron chi connectivity index (χ2n) is 4.79. The number of benzene rings is 2. The highest BCUT2D eigenvalue weighted by atomic mass is 35.5. The molecule has 0 aliphatic heterocycles. The summed E-state index contributed by atoms with van der Waals surface area (Å²) < 4.78 is 5.09. The van der Waals surface area contributed by atoms with Crippen molar-refractivity contribution < 1.29 is 9.53 Å². The van der Waals surface area contributed by atoms with Crippen LogP contribution in [0.4, 0.5) is 5.69 Å². The molecule has 0 saturated carbocycles. The Balaban J connectivity index is 1.72. The zero-order valence-electron chi connectivity index (χ0n) is 12.4. The van der Waals surface area contributed by atoms with Crippen LogP contribution in [-0.2, 0) is 11.3 Å². The number of methoxy groups -OCH3 is 1. The van der Waals surface area contributed by atoms with E-state index in [2.05, 4.69) is 10.6 Å². The molecule has 2 rings (SSSR count). The van der Waals surface area contributed by atoms with Crippen LogP contribution >= 0.6 is 11.6 Å². The van der Waals surface area contributed by atoms with Crippen LogP contribution in [0.25, 0.3) is 0 Å². The lowest BCUT2D eigenvalue weighted by Crippen LogP contribution is -2.24. The lowest BCUT2D eigenvalue weighted by Gasteiger charge is -2.09. The van der Waals surface area contributed by atoms with Gasteiger partial charge in [0, 0.05) is 25.2 Å². The predicted molar refractivity (Wildman–Crippen MR) is 89.4 cm³/mol. The molecule has 22 heavy (non-hydrogen) atoms. The summed E-state index contributed by atoms with van der Waals surface area (Å²) in [5, 5.41) is 6.60. The van der Waals surface area contributed by atoms with Crippen LogP contribution in [0.15, 0.2) is 48.5 Å². The van der Waals surface area contributed by atoms with Crippen LogP contribution < -0.4 is 15.4 Å². The Morgan fingerprint density at radius 2 is 1.95 bits per heavy atom. The molecule has 0 aliphatic rings. The highest BCUT2D eigenvalue weighted by Crippen LogP contribution is 2.27. The highest BCUT2D eigenvalue weighted by Gasteiger charge is 2.03. The van der Waals surface area contributed by atoms with Crippen LogP contribution in [0.3, 0.4) is 0 Å². The van der Waals surface area contributed by atoms with E-state index < -0.39 is 0 Å². The molecule has 0 radical (unpaired) electrons. The number of rotatable bonds is 7. The third-order valence-electron chi connectivity index (χ3n) is 3.17. The molecule has 4 nitrogen and oxygen atoms in total. The fourth-order valence-electron chi connectivity index (χ4n) is 1.98. The van der Waals surface area contributed by atoms with Gasteiger partial charge in [0.1, 0.15) is 5.75 Å². The molecule has 0 aliphatic carbocycles. The maximum absolute atomic E-state index is 11.8. The molecule has 2 N–H and O–H groups in total. The van der Waals surface area contributed by atoms with Crippen LogP contribution in [-0.4, -0.2) is 19.6 Å². The summed E-state index contributed by atoms with van der Waals surface area (Å²) in [5.41, 5.74) is 1.95. The number of ether oxygens (including phenoxy) is 1. The second-order valence-corrected chi connectivity index (χ2v) is 5.20. The maximum atomic E-state index is 11.8. The first-order chi connectivity index (χ1) is 10.7. The Morgan fingerprint density at radius 1 is 1.18 bits per heavy atom. The van der Waals surface area contributed by atoms with Gasteiger partial charge in [0.05, 0.1) is 12.1 Å². The standard InChI is InChI=1S/C17H19ClN2O2/c1-22-16-8-7-14(11-15(16)18)19-10-9-17(21)20-12-13-5-3-2-4-6-13/h2-8,11,19H,9-10,12H2,1H3,(H,20,21). The van der Waals surface area contributed by atoms with Gasteiger partial charge in [-0.1, -0.05) is 41.9 Å². The summed E-state index contributed by atoms with van der Waals surface area (Å²) in [7, 11) is 1.57. The number of carbonyl (C=O) groups is 1. The van der Waals surface area contributed by atoms with Crippen molar-refractivity contribution >= 4 is 23.2 Å². The van der Waals surface area contributed by atoms with E-state index in [-0.39, 0.29) is 5.91 Å². The van der Waals surface area contributed by atoms with Crippen molar-refractivity contribution in [3.63, 3.8) is 0 Å². The Labute approximate surface area is 135 Å². The van der Waals surface area contributed by atoms with Crippen LogP contribution in [0.5, 0.6) is 5.75 Å². The molecule has 0 unspecified atom stereocenters. The van der Waals surface area contributed by atoms with Gasteiger partial charge in [-0.3, -0.25) is 4.79 Å². The van der Waals surface area contributed by atoms with E-state index in [0.29, 0.717) is 30.3 Å². The molecule has 0 bridgehead atoms. The molecule has 0 spiro atoms. The number of hydrogen-bond acceptors (Lipinski definition) is 3. The van der Waals surface area contributed by atoms with Crippen molar-refractivity contribution in [2.24, 2.45) is 0 Å². The zero-order valence-corrected chi connectivity index (χ0v) is 13.2. The van der Waals surface area contributed by atoms with E-state index in [9.17, 15) is 4.79 Å². The first-order valence-corrected chi connectivity index (χ1v) is 7.45. The van der Waals surface area contributed by atoms with E-state index in [4.69, 9.17) is 16.3 Å². The van der Waals surface area contributed by atoms with Crippen molar-refractivity contribution in [1.29, 1.82) is 0 Å². The van der Waals surface area contributed by atoms with Crippen LogP contribution in [0.1, 0.15) is 12.0 Å². The number of carbonyl (C=O) groups excluding carboxylic acids is 1. The molecule has 2 aromatic carbocycles. The number of amides is 1. The van der Waals surface area contributed by atoms with E-state index >= 15 is 0 Å². The SMILES string of the molecule is COc1ccc(NCCC(=O)NCc2ccccc2)cc1Cl. The molecule has 0 atom stereocenters. The third-order valence-corrected chi connectivity index (χ3v) is 3.46. The Bertz CT molecular complexity index is 617. The van der Waals surface area contributed by atoms with Crippen molar-refractivity contribution in [3.8, 4) is 5.75 Å². The van der Waals surface area contributed by atoms with Crippen molar-refractivity contribution in [2.75, 3.05) is 19.0 Å². The monoisotopic (exact) mass is 318 g/mol. The minimum atomic E-state index is 0.0101. The van der Waals surface area contributed by atoms with Gasteiger partial charge in [-0.2, -0.15) is 0 Å². The number of nitrogens with one attached hydrogen (secondary N) is 2. The topological polar surface area (TPSA) is 50.4 Å². The van der Waals surface area contributed by atoms with Crippen LogP contribution in [0.2, 0.25) is 5.02 Å². The van der Waals surface area contributed by atoms with E-state index in [1.165, 1.54) is 0 Å². The molecule has 2 aromatic rings. The van der Waals surface area contributed by atoms with E-state index in [1.807, 2.05) is 36.4 Å². The lowest BCUT2D eigenvalue weighted by atomic mass is 10.2. The maximum Gasteiger partial charge on any atom is 0.222 e. The molecular formula is C17H19ClN2O2. The summed E-state index contributed by atoms with van der Waals surface area (Å²) >= 11 is 6.04. The molecule has 0 heterocycles. The van der Waals surface area contributed by atoms with E-state index in [1.54, 1.807) is 19.2 Å². The summed E-state index contributed by atoms with van der Waals surface area (Å²) in [4.78, 5) is 11.8. The Hall–Kier alpha value is -2.20. The van der Waals surface area contributed by atoms with E-state index in [0.717, 1.165) is 11.3 Å². The van der Waals surface area contributed by atoms with Crippen molar-refractivity contribution in [1.82, 2.24) is 5.32 Å². The number of hydrogen-bond donors (Lipinski definition) is 2. The van der Waals surface area contributed by atoms with Crippen molar-refractivity contribution in [2.45, 2.75) is 13.0 Å². The van der Waals surface area contributed by atoms with Gasteiger partial charge in [-0.05, 0) is 23.8 Å². The summed E-state index contributed by atoms with van der Waals surface area (Å²) in [6.45, 7) is 1.09. The molecule has 116 valence electrons. The van der Waals surface area contributed by atoms with Gasteiger partial charge in [-0.25, -0.2) is 0 Å². The Morgan fingerprint density at radius 3 is 2.64 bits per heavy atom. The van der Waals surface area contributed by atoms with Gasteiger partial charge in [0.15, 0.2) is 0 Å². The van der Waals surface area contributed by atoms with Gasteiger partial charge in [0.25, 0.3) is 0 Å². The molecule has 0 aromatic heterocycles. The van der Waals surface area contributed by atoms with Crippen molar-refractivity contribution in [3.05, 3.63) is 59.1 Å². The normalized spacial score (nSPS) is 10.1. The number of halogens is 1. The van der Waals surface area contributed by atoms with Crippen LogP contribution in [0, 0.1) is 0 Å². The fourth-order valence-corrected chi connectivity index (χ4v) is 2.24. The van der Waals surface area contributed by atoms with Gasteiger partial charge in [-0.15, -0.1) is 0 Å².